The third kappa shape index (κ3) is 3.64. The summed E-state index contributed by atoms with van der Waals surface area (Å²) in [5.41, 5.74) is 5.49. The summed E-state index contributed by atoms with van der Waals surface area (Å²) in [6.45, 7) is 1.33. The number of nitrogens with one attached hydrogen (secondary N) is 1. The van der Waals surface area contributed by atoms with E-state index < -0.39 is 0 Å². The van der Waals surface area contributed by atoms with E-state index >= 15 is 0 Å². The first-order chi connectivity index (χ1) is 13.1. The maximum atomic E-state index is 13.0. The normalized spacial score (nSPS) is 16.7. The summed E-state index contributed by atoms with van der Waals surface area (Å²) in [6.07, 6.45) is 0.758. The lowest BCUT2D eigenvalue weighted by molar-refractivity contribution is -0.136. The minimum atomic E-state index is -0.124. The van der Waals surface area contributed by atoms with Crippen LogP contribution in [-0.4, -0.2) is 46.0 Å². The Kier molecular flexibility index (Phi) is 4.77. The smallest absolute Gasteiger partial charge is 0.240 e. The lowest BCUT2D eigenvalue weighted by atomic mass is 9.94. The topological polar surface area (TPSA) is 52.2 Å². The summed E-state index contributed by atoms with van der Waals surface area (Å²) < 4.78 is 0. The number of benzene rings is 2. The van der Waals surface area contributed by atoms with Crippen molar-refractivity contribution in [1.29, 1.82) is 0 Å². The number of fused-ring (bicyclic) bond motifs is 1. The molecule has 0 aliphatic carbocycles. The maximum Gasteiger partial charge on any atom is 0.240 e. The van der Waals surface area contributed by atoms with Crippen molar-refractivity contribution in [3.8, 4) is 11.3 Å². The minimum absolute atomic E-state index is 0.124. The van der Waals surface area contributed by atoms with Gasteiger partial charge in [-0.25, -0.2) is 0 Å². The SMILES string of the molecule is CN(Cc1cc(-c2ccccc2)n[nH]1)C(=O)[C@H]1Cc2ccccc2CN1C. The molecule has 1 aliphatic heterocycles. The molecule has 0 spiro atoms. The van der Waals surface area contributed by atoms with E-state index in [1.165, 1.54) is 11.1 Å². The Morgan fingerprint density at radius 3 is 2.63 bits per heavy atom. The molecule has 5 heteroatoms. The Balaban J connectivity index is 1.45. The Morgan fingerprint density at radius 1 is 1.15 bits per heavy atom. The van der Waals surface area contributed by atoms with E-state index in [1.54, 1.807) is 4.90 Å². The van der Waals surface area contributed by atoms with Gasteiger partial charge in [-0.2, -0.15) is 5.10 Å². The molecule has 1 amide bonds. The highest BCUT2D eigenvalue weighted by molar-refractivity contribution is 5.82. The van der Waals surface area contributed by atoms with Crippen LogP contribution in [0.4, 0.5) is 0 Å². The number of H-pyrrole nitrogens is 1. The lowest BCUT2D eigenvalue weighted by Crippen LogP contribution is -2.48. The summed E-state index contributed by atoms with van der Waals surface area (Å²) >= 11 is 0. The fraction of sp³-hybridized carbons (Fsp3) is 0.273. The number of nitrogens with zero attached hydrogens (tertiary/aromatic N) is 3. The average Bonchev–Trinajstić information content (AvgIpc) is 3.16. The second-order valence-corrected chi connectivity index (χ2v) is 7.24. The van der Waals surface area contributed by atoms with Gasteiger partial charge in [0.15, 0.2) is 0 Å². The van der Waals surface area contributed by atoms with Crippen LogP contribution in [0.2, 0.25) is 0 Å². The lowest BCUT2D eigenvalue weighted by Gasteiger charge is -2.35. The fourth-order valence-electron chi connectivity index (χ4n) is 3.72. The van der Waals surface area contributed by atoms with E-state index in [0.717, 1.165) is 29.9 Å². The quantitative estimate of drug-likeness (QED) is 0.778. The highest BCUT2D eigenvalue weighted by Crippen LogP contribution is 2.23. The first kappa shape index (κ1) is 17.5. The van der Waals surface area contributed by atoms with Crippen LogP contribution in [-0.2, 0) is 24.3 Å². The summed E-state index contributed by atoms with van der Waals surface area (Å²) in [4.78, 5) is 17.0. The molecule has 27 heavy (non-hydrogen) atoms. The van der Waals surface area contributed by atoms with Crippen molar-refractivity contribution in [1.82, 2.24) is 20.0 Å². The number of likely N-dealkylation sites (N-methyl/N-ethyl adjacent to an activating group) is 2. The second kappa shape index (κ2) is 7.37. The fourth-order valence-corrected chi connectivity index (χ4v) is 3.72. The molecule has 5 nitrogen and oxygen atoms in total. The Bertz CT molecular complexity index is 934. The third-order valence-electron chi connectivity index (χ3n) is 5.25. The molecule has 0 fully saturated rings. The minimum Gasteiger partial charge on any atom is -0.339 e. The second-order valence-electron chi connectivity index (χ2n) is 7.24. The predicted molar refractivity (Wildman–Crippen MR) is 106 cm³/mol. The molecule has 1 aliphatic rings. The van der Waals surface area contributed by atoms with Crippen molar-refractivity contribution < 1.29 is 4.79 Å². The molecule has 0 saturated carbocycles. The molecule has 2 aromatic carbocycles. The standard InChI is InChI=1S/C22H24N4O/c1-25-14-18-11-7-6-10-17(18)12-21(25)22(27)26(2)15-19-13-20(24-23-19)16-8-4-3-5-9-16/h3-11,13,21H,12,14-15H2,1-2H3,(H,23,24)/t21-/m1/s1. The highest BCUT2D eigenvalue weighted by Gasteiger charge is 2.31. The van der Waals surface area contributed by atoms with Gasteiger partial charge in [0, 0.05) is 19.2 Å². The Hall–Kier alpha value is -2.92. The molecule has 0 radical (unpaired) electrons. The molecular formula is C22H24N4O. The van der Waals surface area contributed by atoms with Gasteiger partial charge in [0.05, 0.1) is 24.0 Å². The first-order valence-electron chi connectivity index (χ1n) is 9.23. The molecule has 4 rings (SSSR count). The van der Waals surface area contributed by atoms with Gasteiger partial charge in [0.25, 0.3) is 0 Å². The van der Waals surface area contributed by atoms with Gasteiger partial charge >= 0.3 is 0 Å². The first-order valence-corrected chi connectivity index (χ1v) is 9.23. The zero-order valence-corrected chi connectivity index (χ0v) is 15.7. The highest BCUT2D eigenvalue weighted by atomic mass is 16.2. The molecule has 2 heterocycles. The monoisotopic (exact) mass is 360 g/mol. The van der Waals surface area contributed by atoms with E-state index in [4.69, 9.17) is 0 Å². The number of amides is 1. The Morgan fingerprint density at radius 2 is 1.85 bits per heavy atom. The summed E-state index contributed by atoms with van der Waals surface area (Å²) in [5, 5.41) is 7.44. The molecule has 1 N–H and O–H groups in total. The predicted octanol–water partition coefficient (Wildman–Crippen LogP) is 3.09. The van der Waals surface area contributed by atoms with Crippen LogP contribution in [0.3, 0.4) is 0 Å². The largest absolute Gasteiger partial charge is 0.339 e. The summed E-state index contributed by atoms with van der Waals surface area (Å²) in [5.74, 6) is 0.142. The third-order valence-corrected chi connectivity index (χ3v) is 5.25. The zero-order chi connectivity index (χ0) is 18.8. The van der Waals surface area contributed by atoms with Crippen LogP contribution in [0, 0.1) is 0 Å². The van der Waals surface area contributed by atoms with E-state index in [9.17, 15) is 4.79 Å². The summed E-state index contributed by atoms with van der Waals surface area (Å²) in [7, 11) is 3.88. The van der Waals surface area contributed by atoms with E-state index in [0.29, 0.717) is 6.54 Å². The van der Waals surface area contributed by atoms with Crippen LogP contribution < -0.4 is 0 Å². The number of aromatic nitrogens is 2. The van der Waals surface area contributed by atoms with Crippen molar-refractivity contribution in [3.63, 3.8) is 0 Å². The molecule has 1 atom stereocenters. The van der Waals surface area contributed by atoms with Crippen molar-refractivity contribution in [2.24, 2.45) is 0 Å². The molecule has 138 valence electrons. The van der Waals surface area contributed by atoms with Gasteiger partial charge in [0.1, 0.15) is 0 Å². The summed E-state index contributed by atoms with van der Waals surface area (Å²) in [6, 6.07) is 20.3. The van der Waals surface area contributed by atoms with Crippen molar-refractivity contribution in [2.45, 2.75) is 25.6 Å². The van der Waals surface area contributed by atoms with Crippen LogP contribution in [0.15, 0.2) is 60.7 Å². The zero-order valence-electron chi connectivity index (χ0n) is 15.7. The van der Waals surface area contributed by atoms with Gasteiger partial charge in [-0.3, -0.25) is 14.8 Å². The van der Waals surface area contributed by atoms with Gasteiger partial charge in [-0.15, -0.1) is 0 Å². The van der Waals surface area contributed by atoms with Gasteiger partial charge in [0.2, 0.25) is 5.91 Å². The van der Waals surface area contributed by atoms with E-state index in [1.807, 2.05) is 56.6 Å². The van der Waals surface area contributed by atoms with Gasteiger partial charge in [-0.1, -0.05) is 54.6 Å². The van der Waals surface area contributed by atoms with Crippen LogP contribution in [0.1, 0.15) is 16.8 Å². The van der Waals surface area contributed by atoms with E-state index in [2.05, 4.69) is 33.3 Å². The Labute approximate surface area is 159 Å². The van der Waals surface area contributed by atoms with Crippen LogP contribution >= 0.6 is 0 Å². The van der Waals surface area contributed by atoms with Crippen LogP contribution in [0.5, 0.6) is 0 Å². The number of hydrogen-bond acceptors (Lipinski definition) is 3. The van der Waals surface area contributed by atoms with Gasteiger partial charge in [-0.05, 0) is 30.7 Å². The number of rotatable bonds is 4. The van der Waals surface area contributed by atoms with Crippen molar-refractivity contribution in [3.05, 3.63) is 77.5 Å². The van der Waals surface area contributed by atoms with Crippen LogP contribution in [0.25, 0.3) is 11.3 Å². The molecule has 1 aromatic heterocycles. The van der Waals surface area contributed by atoms with E-state index in [-0.39, 0.29) is 11.9 Å². The average molecular weight is 360 g/mol. The molecule has 3 aromatic rings. The molecule has 0 bridgehead atoms. The number of carbonyl (C=O) groups is 1. The number of aromatic amines is 1. The van der Waals surface area contributed by atoms with Crippen molar-refractivity contribution in [2.75, 3.05) is 14.1 Å². The maximum absolute atomic E-state index is 13.0. The molecular weight excluding hydrogens is 336 g/mol. The number of carbonyl (C=O) groups excluding carboxylic acids is 1. The van der Waals surface area contributed by atoms with Crippen molar-refractivity contribution >= 4 is 5.91 Å². The number of hydrogen-bond donors (Lipinski definition) is 1. The molecule has 0 saturated heterocycles. The van der Waals surface area contributed by atoms with Gasteiger partial charge < -0.3 is 4.90 Å². The molecule has 0 unspecified atom stereocenters.